The van der Waals surface area contributed by atoms with Gasteiger partial charge in [0.1, 0.15) is 17.9 Å². The van der Waals surface area contributed by atoms with E-state index in [0.29, 0.717) is 18.4 Å². The Morgan fingerprint density at radius 1 is 1.07 bits per heavy atom. The van der Waals surface area contributed by atoms with E-state index in [2.05, 4.69) is 0 Å². The maximum atomic E-state index is 14.0. The maximum absolute atomic E-state index is 14.0. The van der Waals surface area contributed by atoms with Gasteiger partial charge in [-0.2, -0.15) is 0 Å². The van der Waals surface area contributed by atoms with E-state index in [0.717, 1.165) is 41.5 Å². The quantitative estimate of drug-likeness (QED) is 0.601. The Morgan fingerprint density at radius 3 is 2.32 bits per heavy atom. The molecule has 0 fully saturated rings. The molecular formula is C23H25F2NO2. The van der Waals surface area contributed by atoms with Gasteiger partial charge < -0.3 is 9.90 Å². The van der Waals surface area contributed by atoms with Crippen LogP contribution in [-0.2, 0) is 10.2 Å². The Balaban J connectivity index is 0.00000136. The molecule has 3 rings (SSSR count). The van der Waals surface area contributed by atoms with Crippen molar-refractivity contribution < 1.29 is 18.7 Å². The van der Waals surface area contributed by atoms with Gasteiger partial charge in [0.15, 0.2) is 0 Å². The first-order valence-corrected chi connectivity index (χ1v) is 9.03. The SMILES string of the molecule is CC(=NC1=C(C)C[C@@](C=O)(c2cccc(F)c2C)C1)c1ccc(F)cc1.CO. The highest BCUT2D eigenvalue weighted by molar-refractivity contribution is 5.99. The van der Waals surface area contributed by atoms with E-state index in [1.807, 2.05) is 19.9 Å². The van der Waals surface area contributed by atoms with Crippen LogP contribution < -0.4 is 0 Å². The predicted molar refractivity (Wildman–Crippen MR) is 108 cm³/mol. The number of benzene rings is 2. The Bertz CT molecular complexity index is 917. The van der Waals surface area contributed by atoms with Crippen LogP contribution in [0.2, 0.25) is 0 Å². The highest BCUT2D eigenvalue weighted by atomic mass is 19.1. The molecule has 1 atom stereocenters. The first kappa shape index (κ1) is 21.6. The molecular weight excluding hydrogens is 360 g/mol. The first-order chi connectivity index (χ1) is 13.4. The molecule has 0 bridgehead atoms. The number of aliphatic hydroxyl groups excluding tert-OH is 1. The predicted octanol–water partition coefficient (Wildman–Crippen LogP) is 4.90. The summed E-state index contributed by atoms with van der Waals surface area (Å²) in [5.74, 6) is -0.597. The van der Waals surface area contributed by atoms with Crippen LogP contribution in [-0.4, -0.2) is 24.2 Å². The second-order valence-corrected chi connectivity index (χ2v) is 6.97. The topological polar surface area (TPSA) is 49.7 Å². The molecule has 5 heteroatoms. The summed E-state index contributed by atoms with van der Waals surface area (Å²) in [5, 5.41) is 7.00. The Labute approximate surface area is 164 Å². The Kier molecular flexibility index (Phi) is 6.97. The third-order valence-corrected chi connectivity index (χ3v) is 5.15. The van der Waals surface area contributed by atoms with Crippen LogP contribution in [0.4, 0.5) is 8.78 Å². The molecule has 28 heavy (non-hydrogen) atoms. The van der Waals surface area contributed by atoms with Gasteiger partial charge in [0.25, 0.3) is 0 Å². The zero-order valence-corrected chi connectivity index (χ0v) is 16.6. The minimum Gasteiger partial charge on any atom is -0.400 e. The monoisotopic (exact) mass is 385 g/mol. The van der Waals surface area contributed by atoms with Crippen molar-refractivity contribution in [2.45, 2.75) is 39.0 Å². The third-order valence-electron chi connectivity index (χ3n) is 5.15. The van der Waals surface area contributed by atoms with Gasteiger partial charge in [0.05, 0.1) is 5.41 Å². The second kappa shape index (κ2) is 9.02. The largest absolute Gasteiger partial charge is 0.400 e. The van der Waals surface area contributed by atoms with Crippen molar-refractivity contribution in [1.82, 2.24) is 0 Å². The van der Waals surface area contributed by atoms with Crippen LogP contribution in [0.3, 0.4) is 0 Å². The molecule has 148 valence electrons. The first-order valence-electron chi connectivity index (χ1n) is 9.03. The fraction of sp³-hybridized carbons (Fsp3) is 0.304. The average Bonchev–Trinajstić information content (AvgIpc) is 3.02. The second-order valence-electron chi connectivity index (χ2n) is 6.97. The van der Waals surface area contributed by atoms with E-state index in [-0.39, 0.29) is 11.6 Å². The lowest BCUT2D eigenvalue weighted by molar-refractivity contribution is -0.112. The molecule has 2 aromatic carbocycles. The van der Waals surface area contributed by atoms with Crippen molar-refractivity contribution in [2.75, 3.05) is 7.11 Å². The number of carbonyl (C=O) groups excluding carboxylic acids is 1. The van der Waals surface area contributed by atoms with Crippen molar-refractivity contribution >= 4 is 12.0 Å². The summed E-state index contributed by atoms with van der Waals surface area (Å²) < 4.78 is 27.1. The van der Waals surface area contributed by atoms with Crippen molar-refractivity contribution in [2.24, 2.45) is 4.99 Å². The van der Waals surface area contributed by atoms with Gasteiger partial charge in [-0.25, -0.2) is 8.78 Å². The summed E-state index contributed by atoms with van der Waals surface area (Å²) in [4.78, 5) is 16.7. The minimum atomic E-state index is -0.780. The van der Waals surface area contributed by atoms with Crippen LogP contribution in [0, 0.1) is 18.6 Å². The van der Waals surface area contributed by atoms with E-state index in [1.54, 1.807) is 25.1 Å². The fourth-order valence-corrected chi connectivity index (χ4v) is 3.66. The minimum absolute atomic E-state index is 0.292. The normalized spacial score (nSPS) is 19.3. The van der Waals surface area contributed by atoms with E-state index >= 15 is 0 Å². The Morgan fingerprint density at radius 2 is 1.71 bits per heavy atom. The number of aliphatic imine (C=N–C) groups is 1. The molecule has 0 spiro atoms. The number of aliphatic hydroxyl groups is 1. The highest BCUT2D eigenvalue weighted by Gasteiger charge is 2.40. The molecule has 1 aliphatic rings. The summed E-state index contributed by atoms with van der Waals surface area (Å²) in [6.45, 7) is 5.52. The zero-order valence-electron chi connectivity index (χ0n) is 16.6. The molecule has 0 unspecified atom stereocenters. The number of allylic oxidation sites excluding steroid dienone is 2. The number of aldehydes is 1. The van der Waals surface area contributed by atoms with Gasteiger partial charge >= 0.3 is 0 Å². The fourth-order valence-electron chi connectivity index (χ4n) is 3.66. The van der Waals surface area contributed by atoms with Crippen LogP contribution in [0.5, 0.6) is 0 Å². The Hall–Kier alpha value is -2.66. The molecule has 1 N–H and O–H groups in total. The van der Waals surface area contributed by atoms with E-state index in [4.69, 9.17) is 10.1 Å². The molecule has 0 heterocycles. The third kappa shape index (κ3) is 4.25. The van der Waals surface area contributed by atoms with Crippen LogP contribution >= 0.6 is 0 Å². The number of nitrogens with zero attached hydrogens (tertiary/aromatic N) is 1. The number of hydrogen-bond acceptors (Lipinski definition) is 3. The van der Waals surface area contributed by atoms with Gasteiger partial charge in [0, 0.05) is 24.9 Å². The number of hydrogen-bond donors (Lipinski definition) is 1. The summed E-state index contributed by atoms with van der Waals surface area (Å²) >= 11 is 0. The number of carbonyl (C=O) groups is 1. The van der Waals surface area contributed by atoms with Crippen molar-refractivity contribution in [3.63, 3.8) is 0 Å². The molecule has 0 amide bonds. The van der Waals surface area contributed by atoms with E-state index in [9.17, 15) is 13.6 Å². The molecule has 2 aromatic rings. The number of rotatable bonds is 4. The molecule has 1 aliphatic carbocycles. The van der Waals surface area contributed by atoms with Crippen molar-refractivity contribution in [1.29, 1.82) is 0 Å². The van der Waals surface area contributed by atoms with Crippen molar-refractivity contribution in [3.8, 4) is 0 Å². The zero-order chi connectivity index (χ0) is 20.9. The summed E-state index contributed by atoms with van der Waals surface area (Å²) in [7, 11) is 1.00. The van der Waals surface area contributed by atoms with Gasteiger partial charge in [-0.05, 0) is 62.1 Å². The molecule has 0 saturated carbocycles. The summed E-state index contributed by atoms with van der Waals surface area (Å²) in [6, 6.07) is 11.0. The van der Waals surface area contributed by atoms with E-state index in [1.165, 1.54) is 18.2 Å². The summed E-state index contributed by atoms with van der Waals surface area (Å²) in [6.07, 6.45) is 1.88. The van der Waals surface area contributed by atoms with Gasteiger partial charge in [-0.1, -0.05) is 29.8 Å². The van der Waals surface area contributed by atoms with Crippen LogP contribution in [0.25, 0.3) is 0 Å². The number of halogens is 2. The standard InChI is InChI=1S/C22H21F2NO.CH4O/c1-14-11-22(13-26,19-5-4-6-20(24)15(19)2)12-21(14)25-16(3)17-7-9-18(23)10-8-17;1-2/h4-10,13H,11-12H2,1-3H3;2H,1H3/t22-;/m1./s1. The lowest BCUT2D eigenvalue weighted by Gasteiger charge is -2.25. The smallest absolute Gasteiger partial charge is 0.131 e. The average molecular weight is 385 g/mol. The molecule has 0 aromatic heterocycles. The van der Waals surface area contributed by atoms with Crippen LogP contribution in [0.1, 0.15) is 43.4 Å². The maximum Gasteiger partial charge on any atom is 0.131 e. The van der Waals surface area contributed by atoms with Gasteiger partial charge in [-0.15, -0.1) is 0 Å². The van der Waals surface area contributed by atoms with Crippen LogP contribution in [0.15, 0.2) is 58.7 Å². The van der Waals surface area contributed by atoms with E-state index < -0.39 is 5.41 Å². The lowest BCUT2D eigenvalue weighted by Crippen LogP contribution is -2.26. The molecule has 3 nitrogen and oxygen atoms in total. The lowest BCUT2D eigenvalue weighted by atomic mass is 9.76. The summed E-state index contributed by atoms with van der Waals surface area (Å²) in [5.41, 5.74) is 3.89. The molecule has 0 radical (unpaired) electrons. The molecule has 0 saturated heterocycles. The highest BCUT2D eigenvalue weighted by Crippen LogP contribution is 2.44. The molecule has 0 aliphatic heterocycles. The van der Waals surface area contributed by atoms with Gasteiger partial charge in [-0.3, -0.25) is 4.99 Å². The van der Waals surface area contributed by atoms with Crippen molar-refractivity contribution in [3.05, 3.63) is 82.1 Å². The van der Waals surface area contributed by atoms with Gasteiger partial charge in [0.2, 0.25) is 0 Å².